The first-order chi connectivity index (χ1) is 8.36. The van der Waals surface area contributed by atoms with Gasteiger partial charge in [0.15, 0.2) is 0 Å². The molecule has 1 aromatic carbocycles. The molecule has 4 nitrogen and oxygen atoms in total. The van der Waals surface area contributed by atoms with E-state index in [1.54, 1.807) is 19.1 Å². The fourth-order valence-electron chi connectivity index (χ4n) is 1.14. The van der Waals surface area contributed by atoms with Crippen molar-refractivity contribution in [2.75, 3.05) is 6.61 Å². The largest absolute Gasteiger partial charge is 0.463 e. The van der Waals surface area contributed by atoms with Gasteiger partial charge in [0.25, 0.3) is 0 Å². The highest BCUT2D eigenvalue weighted by molar-refractivity contribution is 6.33. The topological polar surface area (TPSA) is 51.0 Å². The fourth-order valence-corrected chi connectivity index (χ4v) is 1.51. The van der Waals surface area contributed by atoms with E-state index in [2.05, 4.69) is 10.2 Å². The highest BCUT2D eigenvalue weighted by Crippen LogP contribution is 2.28. The average molecular weight is 289 g/mol. The van der Waals surface area contributed by atoms with Crippen molar-refractivity contribution in [3.8, 4) is 0 Å². The first-order valence-corrected chi connectivity index (χ1v) is 6.17. The normalized spacial score (nSPS) is 14.5. The van der Waals surface area contributed by atoms with Crippen LogP contribution in [0.5, 0.6) is 0 Å². The molecule has 98 valence electrons. The van der Waals surface area contributed by atoms with Crippen LogP contribution in [0, 0.1) is 6.92 Å². The number of aryl methyl sites for hydroxylation is 1. The van der Waals surface area contributed by atoms with E-state index in [-0.39, 0.29) is 6.61 Å². The van der Waals surface area contributed by atoms with E-state index < -0.39 is 11.0 Å². The van der Waals surface area contributed by atoms with Crippen molar-refractivity contribution in [2.45, 2.75) is 25.8 Å². The van der Waals surface area contributed by atoms with Crippen LogP contribution in [0.3, 0.4) is 0 Å². The molecule has 1 aromatic rings. The average Bonchev–Trinajstić information content (AvgIpc) is 2.28. The Labute approximate surface area is 116 Å². The molecule has 1 unspecified atom stereocenters. The van der Waals surface area contributed by atoms with Crippen LogP contribution in [-0.4, -0.2) is 17.6 Å². The molecule has 1 rings (SSSR count). The predicted molar refractivity (Wildman–Crippen MR) is 71.6 cm³/mol. The van der Waals surface area contributed by atoms with Crippen LogP contribution >= 0.6 is 23.2 Å². The maximum Gasteiger partial charge on any atom is 0.351 e. The minimum atomic E-state index is -1.54. The maximum absolute atomic E-state index is 11.5. The molecule has 0 saturated heterocycles. The number of azo groups is 1. The monoisotopic (exact) mass is 288 g/mol. The van der Waals surface area contributed by atoms with Crippen molar-refractivity contribution in [1.29, 1.82) is 0 Å². The lowest BCUT2D eigenvalue weighted by Crippen LogP contribution is -2.28. The molecule has 0 radical (unpaired) electrons. The zero-order valence-electron chi connectivity index (χ0n) is 10.4. The Morgan fingerprint density at radius 1 is 1.50 bits per heavy atom. The number of nitrogens with zero attached hydrogens (tertiary/aromatic N) is 2. The standard InChI is InChI=1S/C12H14Cl2N2O2/c1-4-18-11(17)12(3,14)16-15-10-6-5-8(2)7-9(10)13/h5-7H,4H2,1-3H3/b16-15+. The van der Waals surface area contributed by atoms with E-state index in [4.69, 9.17) is 27.9 Å². The third-order valence-electron chi connectivity index (χ3n) is 2.10. The number of alkyl halides is 1. The lowest BCUT2D eigenvalue weighted by atomic mass is 10.2. The van der Waals surface area contributed by atoms with Crippen LogP contribution < -0.4 is 0 Å². The van der Waals surface area contributed by atoms with Gasteiger partial charge in [-0.1, -0.05) is 29.3 Å². The van der Waals surface area contributed by atoms with Crippen LogP contribution in [0.25, 0.3) is 0 Å². The summed E-state index contributed by atoms with van der Waals surface area (Å²) in [4.78, 5) is 9.95. The van der Waals surface area contributed by atoms with Crippen molar-refractivity contribution in [3.63, 3.8) is 0 Å². The van der Waals surface area contributed by atoms with Gasteiger partial charge in [0.2, 0.25) is 5.00 Å². The van der Waals surface area contributed by atoms with Crippen molar-refractivity contribution in [3.05, 3.63) is 28.8 Å². The molecule has 18 heavy (non-hydrogen) atoms. The highest BCUT2D eigenvalue weighted by Gasteiger charge is 2.32. The molecule has 0 amide bonds. The molecule has 6 heteroatoms. The van der Waals surface area contributed by atoms with Gasteiger partial charge in [0.1, 0.15) is 5.69 Å². The molecule has 0 fully saturated rings. The summed E-state index contributed by atoms with van der Waals surface area (Å²) >= 11 is 11.9. The smallest absolute Gasteiger partial charge is 0.351 e. The number of hydrogen-bond acceptors (Lipinski definition) is 4. The van der Waals surface area contributed by atoms with Crippen LogP contribution in [0.15, 0.2) is 28.4 Å². The Morgan fingerprint density at radius 3 is 2.72 bits per heavy atom. The molecule has 0 N–H and O–H groups in total. The van der Waals surface area contributed by atoms with Gasteiger partial charge in [-0.05, 0) is 38.5 Å². The first-order valence-electron chi connectivity index (χ1n) is 5.42. The lowest BCUT2D eigenvalue weighted by Gasteiger charge is -2.13. The Bertz CT molecular complexity index is 473. The van der Waals surface area contributed by atoms with Gasteiger partial charge in [-0.25, -0.2) is 4.79 Å². The number of rotatable bonds is 4. The Morgan fingerprint density at radius 2 is 2.17 bits per heavy atom. The summed E-state index contributed by atoms with van der Waals surface area (Å²) in [5, 5.41) is 8.10. The van der Waals surface area contributed by atoms with Crippen LogP contribution in [0.2, 0.25) is 5.02 Å². The summed E-state index contributed by atoms with van der Waals surface area (Å²) in [6, 6.07) is 5.31. The number of carbonyl (C=O) groups excluding carboxylic acids is 1. The highest BCUT2D eigenvalue weighted by atomic mass is 35.5. The number of esters is 1. The molecular formula is C12H14Cl2N2O2. The van der Waals surface area contributed by atoms with Crippen LogP contribution in [-0.2, 0) is 9.53 Å². The van der Waals surface area contributed by atoms with E-state index in [0.29, 0.717) is 10.7 Å². The van der Waals surface area contributed by atoms with Gasteiger partial charge in [0.05, 0.1) is 11.6 Å². The van der Waals surface area contributed by atoms with Crippen molar-refractivity contribution < 1.29 is 9.53 Å². The van der Waals surface area contributed by atoms with E-state index in [0.717, 1.165) is 5.56 Å². The molecule has 0 saturated carbocycles. The zero-order valence-corrected chi connectivity index (χ0v) is 11.9. The van der Waals surface area contributed by atoms with E-state index in [1.165, 1.54) is 6.92 Å². The second kappa shape index (κ2) is 6.16. The number of benzene rings is 1. The molecule has 0 spiro atoms. The molecule has 1 atom stereocenters. The second-order valence-electron chi connectivity index (χ2n) is 3.83. The third kappa shape index (κ3) is 3.96. The molecule has 0 aromatic heterocycles. The second-order valence-corrected chi connectivity index (χ2v) is 4.97. The number of hydrogen-bond donors (Lipinski definition) is 0. The molecular weight excluding hydrogens is 275 g/mol. The summed E-state index contributed by atoms with van der Waals surface area (Å²) in [5.41, 5.74) is 1.47. The van der Waals surface area contributed by atoms with E-state index in [9.17, 15) is 4.79 Å². The minimum Gasteiger partial charge on any atom is -0.463 e. The lowest BCUT2D eigenvalue weighted by molar-refractivity contribution is -0.145. The van der Waals surface area contributed by atoms with Gasteiger partial charge in [-0.15, -0.1) is 0 Å². The van der Waals surface area contributed by atoms with Gasteiger partial charge in [-0.2, -0.15) is 10.2 Å². The first kappa shape index (κ1) is 14.9. The van der Waals surface area contributed by atoms with E-state index >= 15 is 0 Å². The van der Waals surface area contributed by atoms with Gasteiger partial charge in [-0.3, -0.25) is 0 Å². The fraction of sp³-hybridized carbons (Fsp3) is 0.417. The number of halogens is 2. The van der Waals surface area contributed by atoms with E-state index in [1.807, 2.05) is 13.0 Å². The summed E-state index contributed by atoms with van der Waals surface area (Å²) in [6.07, 6.45) is 0. The Kier molecular flexibility index (Phi) is 5.11. The van der Waals surface area contributed by atoms with Crippen molar-refractivity contribution in [1.82, 2.24) is 0 Å². The SMILES string of the molecule is CCOC(=O)C(C)(Cl)/N=N/c1ccc(C)cc1Cl. The quantitative estimate of drug-likeness (QED) is 0.360. The summed E-state index contributed by atoms with van der Waals surface area (Å²) < 4.78 is 4.79. The summed E-state index contributed by atoms with van der Waals surface area (Å²) in [5.74, 6) is -0.640. The van der Waals surface area contributed by atoms with Crippen LogP contribution in [0.4, 0.5) is 5.69 Å². The molecule has 0 aliphatic rings. The number of carbonyl (C=O) groups is 1. The van der Waals surface area contributed by atoms with Crippen molar-refractivity contribution >= 4 is 34.9 Å². The van der Waals surface area contributed by atoms with Crippen LogP contribution in [0.1, 0.15) is 19.4 Å². The molecule has 0 aliphatic carbocycles. The Hall–Kier alpha value is -1.13. The molecule has 0 heterocycles. The zero-order chi connectivity index (χ0) is 13.8. The minimum absolute atomic E-state index is 0.238. The maximum atomic E-state index is 11.5. The predicted octanol–water partition coefficient (Wildman–Crippen LogP) is 4.25. The molecule has 0 bridgehead atoms. The third-order valence-corrected chi connectivity index (χ3v) is 2.63. The summed E-state index contributed by atoms with van der Waals surface area (Å²) in [6.45, 7) is 5.26. The molecule has 0 aliphatic heterocycles. The van der Waals surface area contributed by atoms with Crippen molar-refractivity contribution in [2.24, 2.45) is 10.2 Å². The Balaban J connectivity index is 2.88. The van der Waals surface area contributed by atoms with Gasteiger partial charge in [0, 0.05) is 0 Å². The summed E-state index contributed by atoms with van der Waals surface area (Å²) in [7, 11) is 0. The van der Waals surface area contributed by atoms with Gasteiger partial charge >= 0.3 is 5.97 Å². The number of ether oxygens (including phenoxy) is 1. The van der Waals surface area contributed by atoms with Gasteiger partial charge < -0.3 is 4.74 Å².